The molecule has 5 heterocycles. The van der Waals surface area contributed by atoms with Crippen LogP contribution in [0.5, 0.6) is 0 Å². The van der Waals surface area contributed by atoms with Gasteiger partial charge >= 0.3 is 0 Å². The number of fused-ring (bicyclic) bond motifs is 5. The number of ether oxygens (including phenoxy) is 2. The third-order valence-corrected chi connectivity index (χ3v) is 7.86. The molecule has 2 aliphatic rings. The van der Waals surface area contributed by atoms with Crippen molar-refractivity contribution in [2.75, 3.05) is 43.7 Å². The molecule has 29 heavy (non-hydrogen) atoms. The Balaban J connectivity index is 1.82. The monoisotopic (exact) mass is 448 g/mol. The summed E-state index contributed by atoms with van der Waals surface area (Å²) < 4.78 is 13.0. The highest BCUT2D eigenvalue weighted by Gasteiger charge is 2.33. The summed E-state index contributed by atoms with van der Waals surface area (Å²) in [6.45, 7) is 8.17. The fraction of sp³-hybridized carbons (Fsp3) is 0.550. The highest BCUT2D eigenvalue weighted by molar-refractivity contribution is 7.99. The van der Waals surface area contributed by atoms with Gasteiger partial charge in [0, 0.05) is 30.6 Å². The lowest BCUT2D eigenvalue weighted by atomic mass is 9.91. The molecule has 0 bridgehead atoms. The number of thiophene rings is 1. The number of rotatable bonds is 3. The highest BCUT2D eigenvalue weighted by atomic mass is 32.2. The first-order chi connectivity index (χ1) is 14.0. The highest BCUT2D eigenvalue weighted by Crippen LogP contribution is 2.44. The van der Waals surface area contributed by atoms with Crippen LogP contribution in [0.1, 0.15) is 25.0 Å². The molecule has 154 valence electrons. The van der Waals surface area contributed by atoms with Crippen molar-refractivity contribution in [2.24, 2.45) is 0 Å². The molecule has 2 aliphatic heterocycles. The lowest BCUT2D eigenvalue weighted by Crippen LogP contribution is -2.39. The molecule has 0 amide bonds. The Kier molecular flexibility index (Phi) is 5.14. The predicted octanol–water partition coefficient (Wildman–Crippen LogP) is 4.37. The minimum Gasteiger partial charge on any atom is -0.378 e. The largest absolute Gasteiger partial charge is 0.378 e. The molecular weight excluding hydrogens is 424 g/mol. The Morgan fingerprint density at radius 2 is 1.83 bits per heavy atom. The molecule has 5 rings (SSSR count). The van der Waals surface area contributed by atoms with Gasteiger partial charge < -0.3 is 14.4 Å². The molecule has 0 aliphatic carbocycles. The van der Waals surface area contributed by atoms with E-state index in [9.17, 15) is 0 Å². The number of hydrogen-bond acceptors (Lipinski definition) is 9. The molecule has 0 atom stereocenters. The van der Waals surface area contributed by atoms with E-state index in [1.54, 1.807) is 34.9 Å². The SMILES string of the molecule is CSc1nc(SC)c2c(n1)sc1c3c(c(N4CCOCC4)nc12)CC(C)(C)OC3. The van der Waals surface area contributed by atoms with E-state index in [4.69, 9.17) is 24.4 Å². The van der Waals surface area contributed by atoms with Gasteiger partial charge in [0.2, 0.25) is 0 Å². The smallest absolute Gasteiger partial charge is 0.189 e. The van der Waals surface area contributed by atoms with E-state index < -0.39 is 0 Å². The van der Waals surface area contributed by atoms with Gasteiger partial charge in [0.1, 0.15) is 15.7 Å². The molecule has 1 fully saturated rings. The number of aromatic nitrogens is 3. The molecule has 0 aromatic carbocycles. The Morgan fingerprint density at radius 3 is 2.55 bits per heavy atom. The Hall–Kier alpha value is -1.13. The Bertz CT molecular complexity index is 1090. The zero-order valence-corrected chi connectivity index (χ0v) is 19.5. The molecule has 0 saturated carbocycles. The second kappa shape index (κ2) is 7.53. The molecule has 9 heteroatoms. The van der Waals surface area contributed by atoms with E-state index in [0.717, 1.165) is 64.5 Å². The number of anilines is 1. The van der Waals surface area contributed by atoms with Crippen LogP contribution in [-0.2, 0) is 22.5 Å². The van der Waals surface area contributed by atoms with Gasteiger partial charge in [-0.1, -0.05) is 11.8 Å². The van der Waals surface area contributed by atoms with Crippen LogP contribution in [0.3, 0.4) is 0 Å². The number of hydrogen-bond donors (Lipinski definition) is 0. The van der Waals surface area contributed by atoms with Crippen LogP contribution >= 0.6 is 34.9 Å². The zero-order chi connectivity index (χ0) is 20.2. The number of morpholine rings is 1. The van der Waals surface area contributed by atoms with Crippen molar-refractivity contribution >= 4 is 61.1 Å². The Morgan fingerprint density at radius 1 is 1.03 bits per heavy atom. The van der Waals surface area contributed by atoms with Gasteiger partial charge in [-0.2, -0.15) is 0 Å². The van der Waals surface area contributed by atoms with Crippen LogP contribution < -0.4 is 4.90 Å². The van der Waals surface area contributed by atoms with E-state index in [-0.39, 0.29) is 5.60 Å². The molecule has 0 unspecified atom stereocenters. The quantitative estimate of drug-likeness (QED) is 0.333. The first kappa shape index (κ1) is 19.8. The van der Waals surface area contributed by atoms with Crippen LogP contribution in [-0.4, -0.2) is 59.4 Å². The van der Waals surface area contributed by atoms with Crippen molar-refractivity contribution in [2.45, 2.75) is 42.7 Å². The molecule has 6 nitrogen and oxygen atoms in total. The molecule has 0 N–H and O–H groups in total. The second-order valence-electron chi connectivity index (χ2n) is 7.90. The van der Waals surface area contributed by atoms with E-state index in [1.165, 1.54) is 15.8 Å². The fourth-order valence-corrected chi connectivity index (χ4v) is 6.34. The van der Waals surface area contributed by atoms with Crippen molar-refractivity contribution in [1.29, 1.82) is 0 Å². The van der Waals surface area contributed by atoms with Gasteiger partial charge in [-0.25, -0.2) is 15.0 Å². The standard InChI is InChI=1S/C20H24N4O2S3/c1-20(2)9-11-12(10-26-20)15-14(21-16(11)24-5-7-25-8-6-24)13-17(27-3)22-19(28-4)23-18(13)29-15/h5-10H2,1-4H3. The summed E-state index contributed by atoms with van der Waals surface area (Å²) in [6, 6.07) is 0. The number of thioether (sulfide) groups is 2. The fourth-order valence-electron chi connectivity index (χ4n) is 4.05. The maximum atomic E-state index is 6.23. The van der Waals surface area contributed by atoms with E-state index in [2.05, 4.69) is 25.0 Å². The average molecular weight is 449 g/mol. The maximum Gasteiger partial charge on any atom is 0.189 e. The minimum absolute atomic E-state index is 0.184. The van der Waals surface area contributed by atoms with E-state index in [0.29, 0.717) is 6.61 Å². The summed E-state index contributed by atoms with van der Waals surface area (Å²) in [4.78, 5) is 18.2. The topological polar surface area (TPSA) is 60.4 Å². The van der Waals surface area contributed by atoms with Gasteiger partial charge in [0.25, 0.3) is 0 Å². The summed E-state index contributed by atoms with van der Waals surface area (Å²) in [6.07, 6.45) is 4.96. The summed E-state index contributed by atoms with van der Waals surface area (Å²) in [5.74, 6) is 1.09. The Labute approximate surface area is 182 Å². The molecule has 1 saturated heterocycles. The van der Waals surface area contributed by atoms with Crippen molar-refractivity contribution in [3.63, 3.8) is 0 Å². The summed E-state index contributed by atoms with van der Waals surface area (Å²) in [5.41, 5.74) is 3.43. The normalized spacial score (nSPS) is 19.1. The molecule has 0 spiro atoms. The van der Waals surface area contributed by atoms with Gasteiger partial charge in [-0.15, -0.1) is 23.1 Å². The zero-order valence-electron chi connectivity index (χ0n) is 17.1. The van der Waals surface area contributed by atoms with Crippen molar-refractivity contribution in [3.05, 3.63) is 11.1 Å². The lowest BCUT2D eigenvalue weighted by Gasteiger charge is -2.36. The maximum absolute atomic E-state index is 6.23. The lowest BCUT2D eigenvalue weighted by molar-refractivity contribution is -0.0393. The number of pyridine rings is 1. The predicted molar refractivity (Wildman–Crippen MR) is 122 cm³/mol. The first-order valence-electron chi connectivity index (χ1n) is 9.71. The van der Waals surface area contributed by atoms with Crippen molar-refractivity contribution < 1.29 is 9.47 Å². The van der Waals surface area contributed by atoms with Gasteiger partial charge in [0.05, 0.1) is 41.0 Å². The van der Waals surface area contributed by atoms with Gasteiger partial charge in [-0.3, -0.25) is 0 Å². The van der Waals surface area contributed by atoms with Gasteiger partial charge in [0.15, 0.2) is 5.16 Å². The van der Waals surface area contributed by atoms with E-state index >= 15 is 0 Å². The number of nitrogens with zero attached hydrogens (tertiary/aromatic N) is 4. The van der Waals surface area contributed by atoms with Crippen LogP contribution in [0.15, 0.2) is 10.2 Å². The van der Waals surface area contributed by atoms with Crippen LogP contribution in [0.25, 0.3) is 20.4 Å². The van der Waals surface area contributed by atoms with Crippen LogP contribution in [0.4, 0.5) is 5.82 Å². The van der Waals surface area contributed by atoms with Crippen LogP contribution in [0.2, 0.25) is 0 Å². The van der Waals surface area contributed by atoms with Crippen LogP contribution in [0, 0.1) is 0 Å². The second-order valence-corrected chi connectivity index (χ2v) is 10.5. The van der Waals surface area contributed by atoms with Crippen molar-refractivity contribution in [3.8, 4) is 0 Å². The molecule has 3 aromatic rings. The molecule has 0 radical (unpaired) electrons. The minimum atomic E-state index is -0.184. The molecular formula is C20H24N4O2S3. The van der Waals surface area contributed by atoms with E-state index in [1.807, 2.05) is 6.26 Å². The summed E-state index contributed by atoms with van der Waals surface area (Å²) in [7, 11) is 0. The average Bonchev–Trinajstić information content (AvgIpc) is 3.10. The third-order valence-electron chi connectivity index (χ3n) is 5.49. The van der Waals surface area contributed by atoms with Gasteiger partial charge in [-0.05, 0) is 26.4 Å². The third kappa shape index (κ3) is 3.40. The summed E-state index contributed by atoms with van der Waals surface area (Å²) in [5, 5.41) is 2.90. The summed E-state index contributed by atoms with van der Waals surface area (Å²) >= 11 is 4.97. The first-order valence-corrected chi connectivity index (χ1v) is 13.0. The van der Waals surface area contributed by atoms with Crippen molar-refractivity contribution in [1.82, 2.24) is 15.0 Å². The molecule has 3 aromatic heterocycles.